The molecule has 5 heteroatoms. The summed E-state index contributed by atoms with van der Waals surface area (Å²) < 4.78 is 21.1. The Balaban J connectivity index is 2.28. The minimum absolute atomic E-state index is 0.266. The Bertz CT molecular complexity index is 622. The molecule has 1 aromatic heterocycles. The molecule has 0 atom stereocenters. The van der Waals surface area contributed by atoms with E-state index in [-0.39, 0.29) is 11.6 Å². The number of nitrogens with zero attached hydrogens (tertiary/aromatic N) is 2. The monoisotopic (exact) mass is 291 g/mol. The average Bonchev–Trinajstić information content (AvgIpc) is 2.74. The van der Waals surface area contributed by atoms with Gasteiger partial charge in [0.05, 0.1) is 19.3 Å². The van der Waals surface area contributed by atoms with Gasteiger partial charge in [-0.3, -0.25) is 4.68 Å². The highest BCUT2D eigenvalue weighted by atomic mass is 19.1. The highest BCUT2D eigenvalue weighted by Crippen LogP contribution is 2.22. The van der Waals surface area contributed by atoms with Crippen LogP contribution >= 0.6 is 0 Å². The fourth-order valence-corrected chi connectivity index (χ4v) is 2.39. The summed E-state index contributed by atoms with van der Waals surface area (Å²) in [5.41, 5.74) is 3.81. The van der Waals surface area contributed by atoms with Crippen LogP contribution in [0, 0.1) is 19.7 Å². The molecular weight excluding hydrogens is 269 g/mol. The van der Waals surface area contributed by atoms with Gasteiger partial charge in [-0.1, -0.05) is 19.1 Å². The smallest absolute Gasteiger partial charge is 0.170 e. The van der Waals surface area contributed by atoms with E-state index in [1.165, 1.54) is 12.7 Å². The predicted octanol–water partition coefficient (Wildman–Crippen LogP) is 2.81. The van der Waals surface area contributed by atoms with E-state index in [9.17, 15) is 4.39 Å². The molecule has 114 valence electrons. The van der Waals surface area contributed by atoms with E-state index in [1.54, 1.807) is 18.2 Å². The van der Waals surface area contributed by atoms with Crippen LogP contribution in [0.3, 0.4) is 0 Å². The van der Waals surface area contributed by atoms with Gasteiger partial charge in [-0.15, -0.1) is 0 Å². The van der Waals surface area contributed by atoms with Crippen molar-refractivity contribution >= 4 is 0 Å². The van der Waals surface area contributed by atoms with Gasteiger partial charge in [-0.2, -0.15) is 5.10 Å². The molecule has 1 aromatic carbocycles. The van der Waals surface area contributed by atoms with Crippen LogP contribution in [-0.4, -0.2) is 23.4 Å². The molecule has 4 nitrogen and oxygen atoms in total. The second-order valence-electron chi connectivity index (χ2n) is 5.02. The zero-order valence-electron chi connectivity index (χ0n) is 13.0. The minimum Gasteiger partial charge on any atom is -0.494 e. The van der Waals surface area contributed by atoms with E-state index >= 15 is 0 Å². The van der Waals surface area contributed by atoms with Gasteiger partial charge in [-0.25, -0.2) is 4.39 Å². The number of aromatic nitrogens is 2. The maximum atomic E-state index is 14.2. The summed E-state index contributed by atoms with van der Waals surface area (Å²) >= 11 is 0. The molecule has 2 aromatic rings. The quantitative estimate of drug-likeness (QED) is 0.889. The fraction of sp³-hybridized carbons (Fsp3) is 0.438. The van der Waals surface area contributed by atoms with Gasteiger partial charge < -0.3 is 10.1 Å². The summed E-state index contributed by atoms with van der Waals surface area (Å²) in [6.45, 7) is 8.18. The SMILES string of the molecule is CCNCc1c(C)nn(Cc2cccc(OC)c2F)c1C. The Labute approximate surface area is 124 Å². The third-order valence-corrected chi connectivity index (χ3v) is 3.67. The van der Waals surface area contributed by atoms with Crippen molar-refractivity contribution in [2.24, 2.45) is 0 Å². The highest BCUT2D eigenvalue weighted by molar-refractivity contribution is 5.32. The molecule has 0 aliphatic carbocycles. The highest BCUT2D eigenvalue weighted by Gasteiger charge is 2.14. The van der Waals surface area contributed by atoms with Gasteiger partial charge in [0.2, 0.25) is 0 Å². The van der Waals surface area contributed by atoms with Gasteiger partial charge >= 0.3 is 0 Å². The van der Waals surface area contributed by atoms with Crippen molar-refractivity contribution in [2.75, 3.05) is 13.7 Å². The zero-order valence-corrected chi connectivity index (χ0v) is 13.0. The summed E-state index contributed by atoms with van der Waals surface area (Å²) in [4.78, 5) is 0. The maximum Gasteiger partial charge on any atom is 0.170 e. The summed E-state index contributed by atoms with van der Waals surface area (Å²) in [5, 5.41) is 7.83. The number of aryl methyl sites for hydroxylation is 1. The predicted molar refractivity (Wildman–Crippen MR) is 81.1 cm³/mol. The van der Waals surface area contributed by atoms with Crippen LogP contribution < -0.4 is 10.1 Å². The topological polar surface area (TPSA) is 39.1 Å². The number of nitrogens with one attached hydrogen (secondary N) is 1. The Morgan fingerprint density at radius 1 is 1.33 bits per heavy atom. The minimum atomic E-state index is -0.319. The Hall–Kier alpha value is -1.88. The molecule has 21 heavy (non-hydrogen) atoms. The standard InChI is InChI=1S/C16H22FN3O/c1-5-18-9-14-11(2)19-20(12(14)3)10-13-7-6-8-15(21-4)16(13)17/h6-8,18H,5,9-10H2,1-4H3. The number of benzene rings is 1. The van der Waals surface area contributed by atoms with Gasteiger partial charge in [0.1, 0.15) is 0 Å². The molecule has 0 bridgehead atoms. The fourth-order valence-electron chi connectivity index (χ4n) is 2.39. The lowest BCUT2D eigenvalue weighted by Gasteiger charge is -2.09. The van der Waals surface area contributed by atoms with Crippen LogP contribution in [0.15, 0.2) is 18.2 Å². The van der Waals surface area contributed by atoms with Crippen molar-refractivity contribution in [1.82, 2.24) is 15.1 Å². The zero-order chi connectivity index (χ0) is 15.4. The van der Waals surface area contributed by atoms with Crippen molar-refractivity contribution in [3.8, 4) is 5.75 Å². The van der Waals surface area contributed by atoms with Gasteiger partial charge in [0.25, 0.3) is 0 Å². The van der Waals surface area contributed by atoms with Crippen molar-refractivity contribution < 1.29 is 9.13 Å². The largest absolute Gasteiger partial charge is 0.494 e. The Kier molecular flexibility index (Phi) is 4.96. The van der Waals surface area contributed by atoms with Gasteiger partial charge in [0, 0.05) is 23.4 Å². The molecule has 0 saturated carbocycles. The Morgan fingerprint density at radius 2 is 2.10 bits per heavy atom. The van der Waals surface area contributed by atoms with Crippen LogP contribution in [0.4, 0.5) is 4.39 Å². The summed E-state index contributed by atoms with van der Waals surface area (Å²) in [5.74, 6) is -0.0531. The summed E-state index contributed by atoms with van der Waals surface area (Å²) in [6, 6.07) is 5.18. The average molecular weight is 291 g/mol. The molecule has 1 N–H and O–H groups in total. The van der Waals surface area contributed by atoms with Crippen LogP contribution in [0.2, 0.25) is 0 Å². The third-order valence-electron chi connectivity index (χ3n) is 3.67. The first kappa shape index (κ1) is 15.5. The van der Waals surface area contributed by atoms with Crippen LogP contribution in [0.1, 0.15) is 29.4 Å². The molecule has 0 spiro atoms. The lowest BCUT2D eigenvalue weighted by atomic mass is 10.1. The molecule has 0 amide bonds. The first-order valence-electron chi connectivity index (χ1n) is 7.13. The second kappa shape index (κ2) is 6.72. The number of rotatable bonds is 6. The first-order valence-corrected chi connectivity index (χ1v) is 7.13. The molecule has 0 aliphatic heterocycles. The summed E-state index contributed by atoms with van der Waals surface area (Å²) in [7, 11) is 1.47. The number of methoxy groups -OCH3 is 1. The second-order valence-corrected chi connectivity index (χ2v) is 5.02. The Morgan fingerprint density at radius 3 is 2.76 bits per heavy atom. The number of halogens is 1. The molecule has 0 saturated heterocycles. The number of hydrogen-bond acceptors (Lipinski definition) is 3. The maximum absolute atomic E-state index is 14.2. The molecule has 0 aliphatic rings. The first-order chi connectivity index (χ1) is 10.1. The number of ether oxygens (including phenoxy) is 1. The molecule has 0 fully saturated rings. The van der Waals surface area contributed by atoms with E-state index in [2.05, 4.69) is 17.3 Å². The molecule has 0 unspecified atom stereocenters. The van der Waals surface area contributed by atoms with E-state index in [1.807, 2.05) is 18.5 Å². The summed E-state index contributed by atoms with van der Waals surface area (Å²) in [6.07, 6.45) is 0. The van der Waals surface area contributed by atoms with E-state index < -0.39 is 0 Å². The lowest BCUT2D eigenvalue weighted by Crippen LogP contribution is -2.13. The molecule has 1 heterocycles. The van der Waals surface area contributed by atoms with E-state index in [0.717, 1.165) is 24.5 Å². The van der Waals surface area contributed by atoms with E-state index in [4.69, 9.17) is 4.74 Å². The normalized spacial score (nSPS) is 10.9. The van der Waals surface area contributed by atoms with E-state index in [0.29, 0.717) is 12.1 Å². The van der Waals surface area contributed by atoms with Crippen LogP contribution in [0.25, 0.3) is 0 Å². The van der Waals surface area contributed by atoms with Crippen molar-refractivity contribution in [2.45, 2.75) is 33.9 Å². The molecule has 0 radical (unpaired) electrons. The third kappa shape index (κ3) is 3.24. The van der Waals surface area contributed by atoms with Crippen LogP contribution in [0.5, 0.6) is 5.75 Å². The number of hydrogen-bond donors (Lipinski definition) is 1. The van der Waals surface area contributed by atoms with Crippen molar-refractivity contribution in [3.05, 3.63) is 46.5 Å². The van der Waals surface area contributed by atoms with Crippen molar-refractivity contribution in [3.63, 3.8) is 0 Å². The molecular formula is C16H22FN3O. The van der Waals surface area contributed by atoms with Gasteiger partial charge in [0.15, 0.2) is 11.6 Å². The molecule has 2 rings (SSSR count). The lowest BCUT2D eigenvalue weighted by molar-refractivity contribution is 0.383. The van der Waals surface area contributed by atoms with Gasteiger partial charge in [-0.05, 0) is 26.5 Å². The van der Waals surface area contributed by atoms with Crippen LogP contribution in [-0.2, 0) is 13.1 Å². The van der Waals surface area contributed by atoms with Crippen molar-refractivity contribution in [1.29, 1.82) is 0 Å².